The van der Waals surface area contributed by atoms with Gasteiger partial charge in [-0.05, 0) is 29.8 Å². The maximum Gasteiger partial charge on any atom is 0.147 e. The molecule has 21 heavy (non-hydrogen) atoms. The van der Waals surface area contributed by atoms with Crippen molar-refractivity contribution in [3.63, 3.8) is 0 Å². The van der Waals surface area contributed by atoms with Crippen LogP contribution in [-0.2, 0) is 6.42 Å². The average Bonchev–Trinajstić information content (AvgIpc) is 2.97. The number of hydrogen-bond acceptors (Lipinski definition) is 4. The summed E-state index contributed by atoms with van der Waals surface area (Å²) < 4.78 is 6.23. The molecule has 0 atom stereocenters. The Morgan fingerprint density at radius 1 is 1.00 bits per heavy atom. The van der Waals surface area contributed by atoms with Crippen LogP contribution in [0.3, 0.4) is 0 Å². The van der Waals surface area contributed by atoms with E-state index < -0.39 is 0 Å². The molecule has 0 saturated carbocycles. The topological polar surface area (TPSA) is 35.0 Å². The van der Waals surface area contributed by atoms with Crippen LogP contribution in [0.2, 0.25) is 0 Å². The second-order valence-corrected chi connectivity index (χ2v) is 6.51. The van der Waals surface area contributed by atoms with Gasteiger partial charge in [-0.3, -0.25) is 0 Å². The molecule has 0 radical (unpaired) electrons. The second kappa shape index (κ2) is 6.37. The van der Waals surface area contributed by atoms with Gasteiger partial charge in [0, 0.05) is 16.5 Å². The fraction of sp³-hybridized carbons (Fsp3) is 0.125. The third-order valence-corrected chi connectivity index (χ3v) is 4.57. The summed E-state index contributed by atoms with van der Waals surface area (Å²) >= 11 is 5.06. The van der Waals surface area contributed by atoms with E-state index in [1.807, 2.05) is 36.4 Å². The SMILES string of the molecule is COc1ccc(Cc2nnc(-c3ccc(Br)cc3)s2)cc1. The molecular formula is C16H13BrN2OS. The first-order valence-corrected chi connectivity index (χ1v) is 8.07. The van der Waals surface area contributed by atoms with Gasteiger partial charge in [-0.25, -0.2) is 0 Å². The van der Waals surface area contributed by atoms with Gasteiger partial charge >= 0.3 is 0 Å². The van der Waals surface area contributed by atoms with E-state index in [9.17, 15) is 0 Å². The molecular weight excluding hydrogens is 348 g/mol. The maximum absolute atomic E-state index is 5.16. The van der Waals surface area contributed by atoms with Crippen molar-refractivity contribution in [3.8, 4) is 16.3 Å². The quantitative estimate of drug-likeness (QED) is 0.683. The number of hydrogen-bond donors (Lipinski definition) is 0. The maximum atomic E-state index is 5.16. The molecule has 5 heteroatoms. The molecule has 0 fully saturated rings. The normalized spacial score (nSPS) is 10.6. The van der Waals surface area contributed by atoms with Gasteiger partial charge in [0.2, 0.25) is 0 Å². The van der Waals surface area contributed by atoms with E-state index in [1.54, 1.807) is 18.4 Å². The molecule has 0 aliphatic carbocycles. The predicted octanol–water partition coefficient (Wildman–Crippen LogP) is 4.57. The van der Waals surface area contributed by atoms with Crippen molar-refractivity contribution >= 4 is 27.3 Å². The van der Waals surface area contributed by atoms with Crippen LogP contribution >= 0.6 is 27.3 Å². The van der Waals surface area contributed by atoms with Crippen molar-refractivity contribution in [3.05, 3.63) is 63.6 Å². The molecule has 106 valence electrons. The van der Waals surface area contributed by atoms with Crippen molar-refractivity contribution in [2.75, 3.05) is 7.11 Å². The van der Waals surface area contributed by atoms with Crippen molar-refractivity contribution in [2.24, 2.45) is 0 Å². The molecule has 3 aromatic rings. The minimum Gasteiger partial charge on any atom is -0.497 e. The van der Waals surface area contributed by atoms with Gasteiger partial charge in [-0.2, -0.15) is 0 Å². The minimum absolute atomic E-state index is 0.790. The molecule has 1 aromatic heterocycles. The largest absolute Gasteiger partial charge is 0.497 e. The highest BCUT2D eigenvalue weighted by atomic mass is 79.9. The first kappa shape index (κ1) is 14.2. The van der Waals surface area contributed by atoms with Gasteiger partial charge in [0.05, 0.1) is 7.11 Å². The van der Waals surface area contributed by atoms with Crippen LogP contribution in [0.25, 0.3) is 10.6 Å². The minimum atomic E-state index is 0.790. The zero-order valence-corrected chi connectivity index (χ0v) is 13.8. The molecule has 3 nitrogen and oxygen atoms in total. The summed E-state index contributed by atoms with van der Waals surface area (Å²) in [4.78, 5) is 0. The number of benzene rings is 2. The molecule has 0 spiro atoms. The molecule has 0 N–H and O–H groups in total. The lowest BCUT2D eigenvalue weighted by atomic mass is 10.1. The van der Waals surface area contributed by atoms with Crippen molar-refractivity contribution in [1.29, 1.82) is 0 Å². The summed E-state index contributed by atoms with van der Waals surface area (Å²) in [6.07, 6.45) is 0.790. The molecule has 3 rings (SSSR count). The van der Waals surface area contributed by atoms with Crippen LogP contribution in [0.1, 0.15) is 10.6 Å². The van der Waals surface area contributed by atoms with Crippen LogP contribution < -0.4 is 4.74 Å². The molecule has 0 bridgehead atoms. The van der Waals surface area contributed by atoms with Gasteiger partial charge in [0.1, 0.15) is 15.8 Å². The zero-order chi connectivity index (χ0) is 14.7. The zero-order valence-electron chi connectivity index (χ0n) is 11.4. The first-order valence-electron chi connectivity index (χ1n) is 6.46. The van der Waals surface area contributed by atoms with Crippen LogP contribution in [0.5, 0.6) is 5.75 Å². The molecule has 1 heterocycles. The van der Waals surface area contributed by atoms with E-state index in [1.165, 1.54) is 5.56 Å². The number of halogens is 1. The van der Waals surface area contributed by atoms with Crippen molar-refractivity contribution in [2.45, 2.75) is 6.42 Å². The third kappa shape index (κ3) is 3.49. The van der Waals surface area contributed by atoms with Crippen molar-refractivity contribution < 1.29 is 4.74 Å². The lowest BCUT2D eigenvalue weighted by Gasteiger charge is -2.00. The van der Waals surface area contributed by atoms with Gasteiger partial charge in [-0.15, -0.1) is 10.2 Å². The summed E-state index contributed by atoms with van der Waals surface area (Å²) in [6.45, 7) is 0. The van der Waals surface area contributed by atoms with Gasteiger partial charge < -0.3 is 4.74 Å². The summed E-state index contributed by atoms with van der Waals surface area (Å²) in [6, 6.07) is 16.2. The second-order valence-electron chi connectivity index (χ2n) is 4.53. The highest BCUT2D eigenvalue weighted by Crippen LogP contribution is 2.26. The number of ether oxygens (including phenoxy) is 1. The lowest BCUT2D eigenvalue weighted by Crippen LogP contribution is -1.88. The van der Waals surface area contributed by atoms with E-state index in [2.05, 4.69) is 38.3 Å². The first-order chi connectivity index (χ1) is 10.2. The van der Waals surface area contributed by atoms with Crippen LogP contribution in [0, 0.1) is 0 Å². The summed E-state index contributed by atoms with van der Waals surface area (Å²) in [5, 5.41) is 10.5. The monoisotopic (exact) mass is 360 g/mol. The highest BCUT2D eigenvalue weighted by Gasteiger charge is 2.07. The number of rotatable bonds is 4. The van der Waals surface area contributed by atoms with Crippen molar-refractivity contribution in [1.82, 2.24) is 10.2 Å². The fourth-order valence-electron chi connectivity index (χ4n) is 1.95. The Bertz CT molecular complexity index is 723. The molecule has 2 aromatic carbocycles. The van der Waals surface area contributed by atoms with Crippen LogP contribution in [-0.4, -0.2) is 17.3 Å². The third-order valence-electron chi connectivity index (χ3n) is 3.07. The van der Waals surface area contributed by atoms with Gasteiger partial charge in [-0.1, -0.05) is 51.5 Å². The lowest BCUT2D eigenvalue weighted by molar-refractivity contribution is 0.414. The Labute approximate surface area is 135 Å². The molecule has 0 unspecified atom stereocenters. The van der Waals surface area contributed by atoms with Crippen LogP contribution in [0.4, 0.5) is 0 Å². The molecule has 0 saturated heterocycles. The Balaban J connectivity index is 1.76. The summed E-state index contributed by atoms with van der Waals surface area (Å²) in [5.41, 5.74) is 2.30. The Kier molecular flexibility index (Phi) is 4.31. The van der Waals surface area contributed by atoms with Gasteiger partial charge in [0.15, 0.2) is 0 Å². The Morgan fingerprint density at radius 3 is 2.38 bits per heavy atom. The number of nitrogens with zero attached hydrogens (tertiary/aromatic N) is 2. The molecule has 0 aliphatic rings. The highest BCUT2D eigenvalue weighted by molar-refractivity contribution is 9.10. The van der Waals surface area contributed by atoms with E-state index in [4.69, 9.17) is 4.74 Å². The molecule has 0 aliphatic heterocycles. The summed E-state index contributed by atoms with van der Waals surface area (Å²) in [5.74, 6) is 0.867. The smallest absolute Gasteiger partial charge is 0.147 e. The Morgan fingerprint density at radius 2 is 1.71 bits per heavy atom. The van der Waals surface area contributed by atoms with Gasteiger partial charge in [0.25, 0.3) is 0 Å². The Hall–Kier alpha value is -1.72. The van der Waals surface area contributed by atoms with E-state index in [0.29, 0.717) is 0 Å². The van der Waals surface area contributed by atoms with Crippen LogP contribution in [0.15, 0.2) is 53.0 Å². The van der Waals surface area contributed by atoms with E-state index >= 15 is 0 Å². The summed E-state index contributed by atoms with van der Waals surface area (Å²) in [7, 11) is 1.67. The standard InChI is InChI=1S/C16H13BrN2OS/c1-20-14-8-2-11(3-9-14)10-15-18-19-16(21-15)12-4-6-13(17)7-5-12/h2-9H,10H2,1H3. The number of aromatic nitrogens is 2. The van der Waals surface area contributed by atoms with E-state index in [0.717, 1.165) is 32.2 Å². The number of methoxy groups -OCH3 is 1. The predicted molar refractivity (Wildman–Crippen MR) is 88.8 cm³/mol. The molecule has 0 amide bonds. The fourth-order valence-corrected chi connectivity index (χ4v) is 3.10. The van der Waals surface area contributed by atoms with E-state index in [-0.39, 0.29) is 0 Å². The average molecular weight is 361 g/mol.